The highest BCUT2D eigenvalue weighted by atomic mass is 16.5. The third kappa shape index (κ3) is 17.4. The molecule has 0 bridgehead atoms. The summed E-state index contributed by atoms with van der Waals surface area (Å²) in [6.07, 6.45) is 15.5. The average molecular weight is 299 g/mol. The maximum Gasteiger partial charge on any atom is 0.305 e. The summed E-state index contributed by atoms with van der Waals surface area (Å²) < 4.78 is 5.23. The smallest absolute Gasteiger partial charge is 0.305 e. The predicted molar refractivity (Wildman–Crippen MR) is 91.5 cm³/mol. The van der Waals surface area contributed by atoms with Gasteiger partial charge in [0.15, 0.2) is 0 Å². The SMILES string of the molecule is CCCCCCOC(=O)CCCCCCCCCC(C)C. The third-order valence-corrected chi connectivity index (χ3v) is 3.92. The minimum absolute atomic E-state index is 0.00318. The molecule has 0 fully saturated rings. The van der Waals surface area contributed by atoms with Gasteiger partial charge in [-0.15, -0.1) is 0 Å². The Morgan fingerprint density at radius 3 is 2.00 bits per heavy atom. The van der Waals surface area contributed by atoms with Crippen LogP contribution in [0.1, 0.15) is 104 Å². The Morgan fingerprint density at radius 1 is 0.810 bits per heavy atom. The highest BCUT2D eigenvalue weighted by Crippen LogP contribution is 2.12. The zero-order valence-electron chi connectivity index (χ0n) is 14.8. The Morgan fingerprint density at radius 2 is 1.38 bits per heavy atom. The molecular formula is C19H38O2. The van der Waals surface area contributed by atoms with Crippen LogP contribution in [0.5, 0.6) is 0 Å². The van der Waals surface area contributed by atoms with Gasteiger partial charge in [0.25, 0.3) is 0 Å². The minimum atomic E-state index is 0.00318. The van der Waals surface area contributed by atoms with Crippen molar-refractivity contribution in [2.45, 2.75) is 104 Å². The number of carbonyl (C=O) groups excluding carboxylic acids is 1. The molecule has 0 N–H and O–H groups in total. The summed E-state index contributed by atoms with van der Waals surface area (Å²) in [5.74, 6) is 0.849. The van der Waals surface area contributed by atoms with E-state index in [9.17, 15) is 4.79 Å². The van der Waals surface area contributed by atoms with Crippen molar-refractivity contribution in [2.75, 3.05) is 6.61 Å². The van der Waals surface area contributed by atoms with E-state index in [1.54, 1.807) is 0 Å². The van der Waals surface area contributed by atoms with E-state index in [-0.39, 0.29) is 5.97 Å². The molecule has 0 saturated carbocycles. The maximum atomic E-state index is 11.5. The lowest BCUT2D eigenvalue weighted by atomic mass is 10.0. The van der Waals surface area contributed by atoms with E-state index in [0.717, 1.165) is 18.8 Å². The van der Waals surface area contributed by atoms with E-state index in [4.69, 9.17) is 4.74 Å². The summed E-state index contributed by atoms with van der Waals surface area (Å²) in [6.45, 7) is 7.40. The van der Waals surface area contributed by atoms with Gasteiger partial charge < -0.3 is 4.74 Å². The number of hydrogen-bond donors (Lipinski definition) is 0. The number of ether oxygens (including phenoxy) is 1. The number of carbonyl (C=O) groups is 1. The van der Waals surface area contributed by atoms with Crippen molar-refractivity contribution >= 4 is 5.97 Å². The topological polar surface area (TPSA) is 26.3 Å². The highest BCUT2D eigenvalue weighted by molar-refractivity contribution is 5.69. The molecule has 0 aromatic carbocycles. The van der Waals surface area contributed by atoms with Gasteiger partial charge in [0.1, 0.15) is 0 Å². The molecule has 2 nitrogen and oxygen atoms in total. The molecule has 0 heterocycles. The van der Waals surface area contributed by atoms with Crippen molar-refractivity contribution in [3.63, 3.8) is 0 Å². The number of esters is 1. The van der Waals surface area contributed by atoms with Crippen LogP contribution >= 0.6 is 0 Å². The van der Waals surface area contributed by atoms with Crippen LogP contribution < -0.4 is 0 Å². The van der Waals surface area contributed by atoms with Crippen LogP contribution in [0.25, 0.3) is 0 Å². The first-order chi connectivity index (χ1) is 10.2. The van der Waals surface area contributed by atoms with Crippen molar-refractivity contribution in [1.29, 1.82) is 0 Å². The van der Waals surface area contributed by atoms with Gasteiger partial charge in [-0.1, -0.05) is 85.0 Å². The number of unbranched alkanes of at least 4 members (excludes halogenated alkanes) is 9. The first kappa shape index (κ1) is 20.5. The molecule has 0 aromatic heterocycles. The van der Waals surface area contributed by atoms with Gasteiger partial charge >= 0.3 is 5.97 Å². The molecule has 0 rings (SSSR count). The van der Waals surface area contributed by atoms with Crippen molar-refractivity contribution in [3.8, 4) is 0 Å². The van der Waals surface area contributed by atoms with E-state index in [0.29, 0.717) is 13.0 Å². The molecule has 2 heteroatoms. The molecule has 0 aliphatic carbocycles. The highest BCUT2D eigenvalue weighted by Gasteiger charge is 2.02. The second kappa shape index (κ2) is 15.9. The Labute approximate surface area is 133 Å². The van der Waals surface area contributed by atoms with Crippen LogP contribution in [-0.2, 0) is 9.53 Å². The van der Waals surface area contributed by atoms with Gasteiger partial charge in [-0.3, -0.25) is 4.79 Å². The fraction of sp³-hybridized carbons (Fsp3) is 0.947. The maximum absolute atomic E-state index is 11.5. The summed E-state index contributed by atoms with van der Waals surface area (Å²) in [6, 6.07) is 0. The average Bonchev–Trinajstić information content (AvgIpc) is 2.45. The first-order valence-corrected chi connectivity index (χ1v) is 9.32. The van der Waals surface area contributed by atoms with E-state index in [1.807, 2.05) is 0 Å². The van der Waals surface area contributed by atoms with E-state index in [1.165, 1.54) is 64.2 Å². The van der Waals surface area contributed by atoms with Crippen LogP contribution in [0.2, 0.25) is 0 Å². The Balaban J connectivity index is 3.14. The van der Waals surface area contributed by atoms with Gasteiger partial charge in [0.05, 0.1) is 6.61 Å². The molecule has 0 spiro atoms. The Bertz CT molecular complexity index is 224. The lowest BCUT2D eigenvalue weighted by molar-refractivity contribution is -0.143. The van der Waals surface area contributed by atoms with Crippen LogP contribution in [0, 0.1) is 5.92 Å². The molecule has 0 atom stereocenters. The fourth-order valence-corrected chi connectivity index (χ4v) is 2.49. The quantitative estimate of drug-likeness (QED) is 0.263. The number of hydrogen-bond acceptors (Lipinski definition) is 2. The predicted octanol–water partition coefficient (Wildman–Crippen LogP) is 6.28. The second-order valence-electron chi connectivity index (χ2n) is 6.69. The van der Waals surface area contributed by atoms with Crippen molar-refractivity contribution in [1.82, 2.24) is 0 Å². The summed E-state index contributed by atoms with van der Waals surface area (Å²) in [7, 11) is 0. The Hall–Kier alpha value is -0.530. The first-order valence-electron chi connectivity index (χ1n) is 9.32. The van der Waals surface area contributed by atoms with Crippen molar-refractivity contribution in [2.24, 2.45) is 5.92 Å². The molecule has 0 amide bonds. The van der Waals surface area contributed by atoms with E-state index in [2.05, 4.69) is 20.8 Å². The lowest BCUT2D eigenvalue weighted by Crippen LogP contribution is -2.05. The van der Waals surface area contributed by atoms with Crippen LogP contribution in [0.4, 0.5) is 0 Å². The van der Waals surface area contributed by atoms with Crippen LogP contribution in [-0.4, -0.2) is 12.6 Å². The molecule has 0 radical (unpaired) electrons. The summed E-state index contributed by atoms with van der Waals surface area (Å²) in [5, 5.41) is 0. The molecule has 0 saturated heterocycles. The minimum Gasteiger partial charge on any atom is -0.466 e. The largest absolute Gasteiger partial charge is 0.466 e. The summed E-state index contributed by atoms with van der Waals surface area (Å²) >= 11 is 0. The van der Waals surface area contributed by atoms with Gasteiger partial charge in [0, 0.05) is 6.42 Å². The van der Waals surface area contributed by atoms with E-state index >= 15 is 0 Å². The van der Waals surface area contributed by atoms with Gasteiger partial charge in [-0.2, -0.15) is 0 Å². The Kier molecular flexibility index (Phi) is 15.5. The van der Waals surface area contributed by atoms with Crippen LogP contribution in [0.3, 0.4) is 0 Å². The third-order valence-electron chi connectivity index (χ3n) is 3.92. The second-order valence-corrected chi connectivity index (χ2v) is 6.69. The van der Waals surface area contributed by atoms with Crippen molar-refractivity contribution < 1.29 is 9.53 Å². The fourth-order valence-electron chi connectivity index (χ4n) is 2.49. The number of rotatable bonds is 15. The molecule has 21 heavy (non-hydrogen) atoms. The van der Waals surface area contributed by atoms with Gasteiger partial charge in [-0.25, -0.2) is 0 Å². The van der Waals surface area contributed by atoms with Crippen LogP contribution in [0.15, 0.2) is 0 Å². The summed E-state index contributed by atoms with van der Waals surface area (Å²) in [4.78, 5) is 11.5. The molecule has 0 aromatic rings. The van der Waals surface area contributed by atoms with Crippen molar-refractivity contribution in [3.05, 3.63) is 0 Å². The molecular weight excluding hydrogens is 260 g/mol. The zero-order chi connectivity index (χ0) is 15.8. The van der Waals surface area contributed by atoms with Gasteiger partial charge in [-0.05, 0) is 18.8 Å². The van der Waals surface area contributed by atoms with Gasteiger partial charge in [0.2, 0.25) is 0 Å². The molecule has 0 aliphatic rings. The molecule has 0 aliphatic heterocycles. The summed E-state index contributed by atoms with van der Waals surface area (Å²) in [5.41, 5.74) is 0. The lowest BCUT2D eigenvalue weighted by Gasteiger charge is -2.05. The zero-order valence-corrected chi connectivity index (χ0v) is 14.8. The standard InChI is InChI=1S/C19H38O2/c1-4-5-6-14-17-21-19(20)16-13-11-9-7-8-10-12-15-18(2)3/h18H,4-17H2,1-3H3. The molecule has 0 unspecified atom stereocenters. The monoisotopic (exact) mass is 298 g/mol. The normalized spacial score (nSPS) is 11.0. The van der Waals surface area contributed by atoms with E-state index < -0.39 is 0 Å². The molecule has 126 valence electrons.